The zero-order valence-electron chi connectivity index (χ0n) is 19.5. The van der Waals surface area contributed by atoms with Gasteiger partial charge in [-0.05, 0) is 68.1 Å². The van der Waals surface area contributed by atoms with E-state index in [1.54, 1.807) is 54.0 Å². The van der Waals surface area contributed by atoms with Crippen molar-refractivity contribution in [3.63, 3.8) is 0 Å². The second-order valence-electron chi connectivity index (χ2n) is 8.53. The number of nitrogens with zero attached hydrogens (tertiary/aromatic N) is 1. The number of amides is 3. The van der Waals surface area contributed by atoms with Crippen LogP contribution in [0.3, 0.4) is 0 Å². The fourth-order valence-electron chi connectivity index (χ4n) is 4.12. The lowest BCUT2D eigenvalue weighted by Gasteiger charge is -2.30. The van der Waals surface area contributed by atoms with Gasteiger partial charge in [-0.2, -0.15) is 0 Å². The summed E-state index contributed by atoms with van der Waals surface area (Å²) >= 11 is 1.70. The normalized spacial score (nSPS) is 14.4. The molecule has 0 atom stereocenters. The van der Waals surface area contributed by atoms with Crippen molar-refractivity contribution in [1.82, 2.24) is 15.5 Å². The van der Waals surface area contributed by atoms with Crippen LogP contribution < -0.4 is 16.0 Å². The monoisotopic (exact) mass is 494 g/mol. The molecule has 35 heavy (non-hydrogen) atoms. The van der Waals surface area contributed by atoms with Crippen LogP contribution >= 0.6 is 11.3 Å². The van der Waals surface area contributed by atoms with Gasteiger partial charge in [0.05, 0.1) is 30.6 Å². The molecule has 0 saturated carbocycles. The first-order valence-electron chi connectivity index (χ1n) is 11.8. The van der Waals surface area contributed by atoms with Crippen LogP contribution in [-0.2, 0) is 22.6 Å². The van der Waals surface area contributed by atoms with Gasteiger partial charge in [-0.15, -0.1) is 11.3 Å². The second-order valence-corrected chi connectivity index (χ2v) is 9.56. The summed E-state index contributed by atoms with van der Waals surface area (Å²) in [5.74, 6) is 0.258. The first-order chi connectivity index (χ1) is 17.1. The third kappa shape index (κ3) is 7.27. The Bertz CT molecular complexity index is 1110. The third-order valence-electron chi connectivity index (χ3n) is 6.03. The lowest BCUT2D eigenvalue weighted by atomic mass is 9.96. The predicted molar refractivity (Wildman–Crippen MR) is 135 cm³/mol. The Morgan fingerprint density at radius 1 is 1.00 bits per heavy atom. The van der Waals surface area contributed by atoms with Crippen molar-refractivity contribution >= 4 is 34.7 Å². The number of likely N-dealkylation sites (tertiary alicyclic amines) is 1. The molecule has 1 aromatic carbocycles. The van der Waals surface area contributed by atoms with Gasteiger partial charge < -0.3 is 20.4 Å². The van der Waals surface area contributed by atoms with Crippen molar-refractivity contribution in [2.45, 2.75) is 25.8 Å². The van der Waals surface area contributed by atoms with E-state index in [9.17, 15) is 14.4 Å². The van der Waals surface area contributed by atoms with E-state index in [1.165, 1.54) is 4.88 Å². The number of hydrogen-bond acceptors (Lipinski definition) is 6. The molecule has 3 amide bonds. The number of nitrogens with one attached hydrogen (secondary N) is 3. The zero-order valence-corrected chi connectivity index (χ0v) is 20.3. The summed E-state index contributed by atoms with van der Waals surface area (Å²) in [4.78, 5) is 41.1. The Hall–Kier alpha value is -3.43. The number of anilines is 1. The molecule has 1 saturated heterocycles. The molecule has 1 fully saturated rings. The van der Waals surface area contributed by atoms with Crippen LogP contribution in [0.1, 0.15) is 33.8 Å². The Morgan fingerprint density at radius 3 is 2.57 bits per heavy atom. The molecule has 3 aromatic rings. The van der Waals surface area contributed by atoms with Crippen LogP contribution in [0, 0.1) is 5.92 Å². The van der Waals surface area contributed by atoms with Crippen molar-refractivity contribution in [1.29, 1.82) is 0 Å². The lowest BCUT2D eigenvalue weighted by molar-refractivity contribution is -0.126. The molecule has 0 radical (unpaired) electrons. The van der Waals surface area contributed by atoms with Gasteiger partial charge in [0.25, 0.3) is 5.91 Å². The minimum atomic E-state index is -0.289. The molecule has 184 valence electrons. The summed E-state index contributed by atoms with van der Waals surface area (Å²) in [6.07, 6.45) is 3.86. The van der Waals surface area contributed by atoms with E-state index in [0.717, 1.165) is 19.3 Å². The van der Waals surface area contributed by atoms with E-state index >= 15 is 0 Å². The number of thiophene rings is 1. The highest BCUT2D eigenvalue weighted by molar-refractivity contribution is 7.09. The highest BCUT2D eigenvalue weighted by Gasteiger charge is 2.26. The van der Waals surface area contributed by atoms with E-state index in [-0.39, 0.29) is 36.7 Å². The maximum absolute atomic E-state index is 12.7. The van der Waals surface area contributed by atoms with Gasteiger partial charge in [0.2, 0.25) is 11.8 Å². The molecular formula is C26H30N4O4S. The number of hydrogen-bond donors (Lipinski definition) is 3. The highest BCUT2D eigenvalue weighted by atomic mass is 32.1. The van der Waals surface area contributed by atoms with E-state index in [0.29, 0.717) is 36.6 Å². The van der Waals surface area contributed by atoms with Crippen molar-refractivity contribution in [3.05, 3.63) is 76.4 Å². The summed E-state index contributed by atoms with van der Waals surface area (Å²) in [5, 5.41) is 10.7. The van der Waals surface area contributed by atoms with Crippen LogP contribution in [0.2, 0.25) is 0 Å². The number of rotatable bonds is 10. The largest absolute Gasteiger partial charge is 0.467 e. The quantitative estimate of drug-likeness (QED) is 0.401. The van der Waals surface area contributed by atoms with Crippen LogP contribution in [0.15, 0.2) is 64.6 Å². The smallest absolute Gasteiger partial charge is 0.253 e. The molecule has 0 spiro atoms. The van der Waals surface area contributed by atoms with Crippen LogP contribution in [0.25, 0.3) is 0 Å². The van der Waals surface area contributed by atoms with E-state index in [1.807, 2.05) is 16.3 Å². The first kappa shape index (κ1) is 24.7. The van der Waals surface area contributed by atoms with Crippen molar-refractivity contribution in [2.24, 2.45) is 5.92 Å². The fraction of sp³-hybridized carbons (Fsp3) is 0.346. The lowest BCUT2D eigenvalue weighted by Crippen LogP contribution is -2.43. The molecule has 0 unspecified atom stereocenters. The summed E-state index contributed by atoms with van der Waals surface area (Å²) in [5.41, 5.74) is 0.861. The van der Waals surface area contributed by atoms with Crippen LogP contribution in [0.5, 0.6) is 0 Å². The van der Waals surface area contributed by atoms with Crippen LogP contribution in [0.4, 0.5) is 5.69 Å². The highest BCUT2D eigenvalue weighted by Crippen LogP contribution is 2.19. The topological polar surface area (TPSA) is 104 Å². The molecular weight excluding hydrogens is 464 g/mol. The number of carbonyl (C=O) groups excluding carboxylic acids is 3. The number of furan rings is 1. The number of benzene rings is 1. The average Bonchev–Trinajstić information content (AvgIpc) is 3.58. The van der Waals surface area contributed by atoms with Crippen molar-refractivity contribution in [3.8, 4) is 0 Å². The molecule has 1 aliphatic heterocycles. The molecule has 8 nitrogen and oxygen atoms in total. The molecule has 0 bridgehead atoms. The maximum Gasteiger partial charge on any atom is 0.253 e. The summed E-state index contributed by atoms with van der Waals surface area (Å²) < 4.78 is 5.24. The Labute approximate surface area is 208 Å². The van der Waals surface area contributed by atoms with Gasteiger partial charge in [-0.3, -0.25) is 19.3 Å². The Morgan fingerprint density at radius 2 is 1.83 bits per heavy atom. The van der Waals surface area contributed by atoms with E-state index < -0.39 is 0 Å². The maximum atomic E-state index is 12.7. The Balaban J connectivity index is 1.20. The van der Waals surface area contributed by atoms with E-state index in [4.69, 9.17) is 4.42 Å². The number of carbonyl (C=O) groups is 3. The van der Waals surface area contributed by atoms with Crippen molar-refractivity contribution in [2.75, 3.05) is 31.5 Å². The average molecular weight is 495 g/mol. The van der Waals surface area contributed by atoms with Gasteiger partial charge >= 0.3 is 0 Å². The molecule has 1 aliphatic rings. The van der Waals surface area contributed by atoms with Crippen LogP contribution in [-0.4, -0.2) is 48.8 Å². The molecule has 4 rings (SSSR count). The summed E-state index contributed by atoms with van der Waals surface area (Å²) in [7, 11) is 0. The summed E-state index contributed by atoms with van der Waals surface area (Å²) in [6, 6.07) is 14.6. The SMILES string of the molecule is O=C(CN1CCC(C(=O)NCCc2cccs2)CC1)Nc1ccccc1C(=O)NCc1ccco1. The molecule has 0 aliphatic carbocycles. The van der Waals surface area contributed by atoms with Gasteiger partial charge in [-0.1, -0.05) is 18.2 Å². The Kier molecular flexibility index (Phi) is 8.69. The number of para-hydroxylation sites is 1. The summed E-state index contributed by atoms with van der Waals surface area (Å²) in [6.45, 7) is 2.50. The van der Waals surface area contributed by atoms with E-state index in [2.05, 4.69) is 22.0 Å². The number of piperidine rings is 1. The third-order valence-corrected chi connectivity index (χ3v) is 6.96. The van der Waals surface area contributed by atoms with Gasteiger partial charge in [0.15, 0.2) is 0 Å². The fourth-order valence-corrected chi connectivity index (χ4v) is 4.83. The second kappa shape index (κ2) is 12.3. The zero-order chi connectivity index (χ0) is 24.5. The molecule has 9 heteroatoms. The van der Waals surface area contributed by atoms with Crippen molar-refractivity contribution < 1.29 is 18.8 Å². The minimum Gasteiger partial charge on any atom is -0.467 e. The predicted octanol–water partition coefficient (Wildman–Crippen LogP) is 3.28. The molecule has 3 N–H and O–H groups in total. The van der Waals surface area contributed by atoms with Gasteiger partial charge in [0, 0.05) is 17.3 Å². The standard InChI is InChI=1S/C26H30N4O4S/c31-24(29-23-8-2-1-7-22(23)26(33)28-17-20-5-3-15-34-20)18-30-13-10-19(11-14-30)25(32)27-12-9-21-6-4-16-35-21/h1-8,15-16,19H,9-14,17-18H2,(H,27,32)(H,28,33)(H,29,31). The van der Waals surface area contributed by atoms with Gasteiger partial charge in [-0.25, -0.2) is 0 Å². The molecule has 2 aromatic heterocycles. The van der Waals surface area contributed by atoms with Gasteiger partial charge in [0.1, 0.15) is 5.76 Å². The first-order valence-corrected chi connectivity index (χ1v) is 12.7. The minimum absolute atomic E-state index is 0.0174. The molecule has 3 heterocycles.